The third kappa shape index (κ3) is 6.49. The maximum atomic E-state index is 11.8. The van der Waals surface area contributed by atoms with Crippen LogP contribution in [-0.4, -0.2) is 37.2 Å². The molecule has 110 valence electrons. The molecule has 0 aliphatic heterocycles. The van der Waals surface area contributed by atoms with Gasteiger partial charge in [-0.15, -0.1) is 11.3 Å². The molecule has 0 unspecified atom stereocenters. The first-order chi connectivity index (χ1) is 9.63. The Hall–Kier alpha value is -1.66. The molecule has 1 heterocycles. The third-order valence-corrected chi connectivity index (χ3v) is 3.48. The summed E-state index contributed by atoms with van der Waals surface area (Å²) in [5.41, 5.74) is 0.567. The average Bonchev–Trinajstić information content (AvgIpc) is 2.89. The number of hydrogen-bond acceptors (Lipinski definition) is 4. The van der Waals surface area contributed by atoms with Crippen LogP contribution in [0.15, 0.2) is 17.5 Å². The molecular formula is C14H19NO4S. The van der Waals surface area contributed by atoms with Gasteiger partial charge in [-0.2, -0.15) is 0 Å². The van der Waals surface area contributed by atoms with Crippen LogP contribution >= 0.6 is 11.3 Å². The van der Waals surface area contributed by atoms with Crippen molar-refractivity contribution in [3.63, 3.8) is 0 Å². The van der Waals surface area contributed by atoms with Crippen LogP contribution in [0.3, 0.4) is 0 Å². The molecule has 0 radical (unpaired) electrons. The van der Waals surface area contributed by atoms with Gasteiger partial charge in [0.25, 0.3) is 5.91 Å². The van der Waals surface area contributed by atoms with Crippen molar-refractivity contribution in [1.82, 2.24) is 5.32 Å². The standard InChI is InChI=1S/C14H19NO4S/c1-19-8-4-2-3-7-15-14(18)11-9-12(20-10-11)5-6-13(16)17/h5-6,9-10H,2-4,7-8H2,1H3,(H,15,18)(H,16,17)/b6-5+. The Morgan fingerprint density at radius 3 is 2.90 bits per heavy atom. The van der Waals surface area contributed by atoms with Gasteiger partial charge >= 0.3 is 5.97 Å². The summed E-state index contributed by atoms with van der Waals surface area (Å²) < 4.78 is 4.95. The van der Waals surface area contributed by atoms with E-state index in [1.165, 1.54) is 17.4 Å². The minimum Gasteiger partial charge on any atom is -0.478 e. The maximum absolute atomic E-state index is 11.8. The molecule has 1 amide bonds. The largest absolute Gasteiger partial charge is 0.478 e. The lowest BCUT2D eigenvalue weighted by Gasteiger charge is -2.03. The number of amides is 1. The van der Waals surface area contributed by atoms with Gasteiger partial charge in [0.05, 0.1) is 5.56 Å². The number of carbonyl (C=O) groups excluding carboxylic acids is 1. The highest BCUT2D eigenvalue weighted by atomic mass is 32.1. The number of nitrogens with one attached hydrogen (secondary N) is 1. The molecule has 0 saturated heterocycles. The summed E-state index contributed by atoms with van der Waals surface area (Å²) >= 11 is 1.34. The molecule has 0 spiro atoms. The van der Waals surface area contributed by atoms with Crippen molar-refractivity contribution in [2.45, 2.75) is 19.3 Å². The number of hydrogen-bond donors (Lipinski definition) is 2. The topological polar surface area (TPSA) is 75.6 Å². The summed E-state index contributed by atoms with van der Waals surface area (Å²) in [6.07, 6.45) is 5.47. The predicted molar refractivity (Wildman–Crippen MR) is 79.0 cm³/mol. The first-order valence-corrected chi connectivity index (χ1v) is 7.28. The molecule has 0 atom stereocenters. The number of methoxy groups -OCH3 is 1. The Balaban J connectivity index is 2.31. The Bertz CT molecular complexity index is 467. The number of carbonyl (C=O) groups is 2. The van der Waals surface area contributed by atoms with E-state index in [1.54, 1.807) is 18.6 Å². The van der Waals surface area contributed by atoms with E-state index in [0.29, 0.717) is 12.1 Å². The number of rotatable bonds is 9. The van der Waals surface area contributed by atoms with Gasteiger partial charge in [0.15, 0.2) is 0 Å². The fourth-order valence-electron chi connectivity index (χ4n) is 1.56. The smallest absolute Gasteiger partial charge is 0.328 e. The summed E-state index contributed by atoms with van der Waals surface area (Å²) in [6.45, 7) is 1.39. The molecule has 5 nitrogen and oxygen atoms in total. The van der Waals surface area contributed by atoms with E-state index in [1.807, 2.05) is 0 Å². The number of carboxylic acid groups (broad SMARTS) is 1. The molecular weight excluding hydrogens is 278 g/mol. The zero-order chi connectivity index (χ0) is 14.8. The van der Waals surface area contributed by atoms with Gasteiger partial charge in [0.1, 0.15) is 0 Å². The average molecular weight is 297 g/mol. The molecule has 0 fully saturated rings. The van der Waals surface area contributed by atoms with E-state index < -0.39 is 5.97 Å². The summed E-state index contributed by atoms with van der Waals surface area (Å²) in [5.74, 6) is -1.12. The molecule has 2 N–H and O–H groups in total. The van der Waals surface area contributed by atoms with Crippen LogP contribution in [0, 0.1) is 0 Å². The second-order valence-electron chi connectivity index (χ2n) is 4.22. The minimum absolute atomic E-state index is 0.122. The number of aliphatic carboxylic acids is 1. The third-order valence-electron chi connectivity index (χ3n) is 2.58. The zero-order valence-corrected chi connectivity index (χ0v) is 12.2. The highest BCUT2D eigenvalue weighted by molar-refractivity contribution is 7.11. The first kappa shape index (κ1) is 16.4. The number of thiophene rings is 1. The lowest BCUT2D eigenvalue weighted by atomic mass is 10.2. The van der Waals surface area contributed by atoms with Crippen LogP contribution < -0.4 is 5.32 Å². The van der Waals surface area contributed by atoms with Crippen LogP contribution in [0.4, 0.5) is 0 Å². The van der Waals surface area contributed by atoms with Crippen LogP contribution in [0.25, 0.3) is 6.08 Å². The number of unbranched alkanes of at least 4 members (excludes halogenated alkanes) is 2. The molecule has 6 heteroatoms. The molecule has 20 heavy (non-hydrogen) atoms. The van der Waals surface area contributed by atoms with E-state index in [0.717, 1.165) is 36.8 Å². The van der Waals surface area contributed by atoms with Crippen molar-refractivity contribution in [1.29, 1.82) is 0 Å². The Labute approximate surface area is 122 Å². The maximum Gasteiger partial charge on any atom is 0.328 e. The van der Waals surface area contributed by atoms with Gasteiger partial charge in [-0.1, -0.05) is 0 Å². The lowest BCUT2D eigenvalue weighted by molar-refractivity contribution is -0.131. The molecule has 1 aromatic rings. The van der Waals surface area contributed by atoms with Crippen molar-refractivity contribution in [3.05, 3.63) is 28.0 Å². The second kappa shape index (κ2) is 9.28. The van der Waals surface area contributed by atoms with Crippen molar-refractivity contribution in [3.8, 4) is 0 Å². The predicted octanol–water partition coefficient (Wildman–Crippen LogP) is 2.39. The van der Waals surface area contributed by atoms with Crippen molar-refractivity contribution in [2.24, 2.45) is 0 Å². The molecule has 0 aliphatic carbocycles. The van der Waals surface area contributed by atoms with Crippen LogP contribution in [-0.2, 0) is 9.53 Å². The zero-order valence-electron chi connectivity index (χ0n) is 11.4. The summed E-state index contributed by atoms with van der Waals surface area (Å²) in [7, 11) is 1.68. The van der Waals surface area contributed by atoms with E-state index in [9.17, 15) is 9.59 Å². The van der Waals surface area contributed by atoms with Crippen LogP contribution in [0.2, 0.25) is 0 Å². The van der Waals surface area contributed by atoms with Gasteiger partial charge < -0.3 is 15.2 Å². The first-order valence-electron chi connectivity index (χ1n) is 6.40. The summed E-state index contributed by atoms with van der Waals surface area (Å²) in [4.78, 5) is 23.0. The van der Waals surface area contributed by atoms with E-state index >= 15 is 0 Å². The molecule has 0 aromatic carbocycles. The second-order valence-corrected chi connectivity index (χ2v) is 5.16. The Kier molecular flexibility index (Phi) is 7.60. The molecule has 1 rings (SSSR count). The quantitative estimate of drug-likeness (QED) is 0.542. The highest BCUT2D eigenvalue weighted by Crippen LogP contribution is 2.16. The van der Waals surface area contributed by atoms with Gasteiger partial charge in [-0.25, -0.2) is 4.79 Å². The number of carboxylic acids is 1. The SMILES string of the molecule is COCCCCCNC(=O)c1csc(/C=C/C(=O)O)c1. The monoisotopic (exact) mass is 297 g/mol. The summed E-state index contributed by atoms with van der Waals surface area (Å²) in [6, 6.07) is 1.68. The van der Waals surface area contributed by atoms with E-state index in [4.69, 9.17) is 9.84 Å². The molecule has 0 saturated carbocycles. The fraction of sp³-hybridized carbons (Fsp3) is 0.429. The minimum atomic E-state index is -1.000. The van der Waals surface area contributed by atoms with Crippen LogP contribution in [0.1, 0.15) is 34.5 Å². The molecule has 0 bridgehead atoms. The van der Waals surface area contributed by atoms with Crippen molar-refractivity contribution >= 4 is 29.3 Å². The highest BCUT2D eigenvalue weighted by Gasteiger charge is 2.07. The Morgan fingerprint density at radius 1 is 1.40 bits per heavy atom. The lowest BCUT2D eigenvalue weighted by Crippen LogP contribution is -2.23. The van der Waals surface area contributed by atoms with Gasteiger partial charge in [-0.05, 0) is 31.4 Å². The normalized spacial score (nSPS) is 10.8. The Morgan fingerprint density at radius 2 is 2.20 bits per heavy atom. The fourth-order valence-corrected chi connectivity index (χ4v) is 2.34. The van der Waals surface area contributed by atoms with Gasteiger partial charge in [0.2, 0.25) is 0 Å². The van der Waals surface area contributed by atoms with E-state index in [-0.39, 0.29) is 5.91 Å². The number of ether oxygens (including phenoxy) is 1. The van der Waals surface area contributed by atoms with Gasteiger partial charge in [-0.3, -0.25) is 4.79 Å². The van der Waals surface area contributed by atoms with Crippen molar-refractivity contribution < 1.29 is 19.4 Å². The van der Waals surface area contributed by atoms with Gasteiger partial charge in [0, 0.05) is 36.6 Å². The molecule has 1 aromatic heterocycles. The summed E-state index contributed by atoms with van der Waals surface area (Å²) in [5, 5.41) is 13.1. The van der Waals surface area contributed by atoms with E-state index in [2.05, 4.69) is 5.32 Å². The van der Waals surface area contributed by atoms with Crippen LogP contribution in [0.5, 0.6) is 0 Å². The van der Waals surface area contributed by atoms with Crippen molar-refractivity contribution in [2.75, 3.05) is 20.3 Å². The molecule has 0 aliphatic rings.